The average Bonchev–Trinajstić information content (AvgIpc) is 2.43. The minimum absolute atomic E-state index is 0.219. The smallest absolute Gasteiger partial charge is 0.210 e. The van der Waals surface area contributed by atoms with Gasteiger partial charge in [-0.25, -0.2) is 4.98 Å². The van der Waals surface area contributed by atoms with E-state index in [-0.39, 0.29) is 6.04 Å². The molecule has 4 nitrogen and oxygen atoms in total. The first-order valence-corrected chi connectivity index (χ1v) is 7.30. The van der Waals surface area contributed by atoms with Crippen LogP contribution in [0.15, 0.2) is 18.3 Å². The molecular weight excluding hydrogens is 238 g/mol. The molecule has 19 heavy (non-hydrogen) atoms. The highest BCUT2D eigenvalue weighted by molar-refractivity contribution is 5.49. The second kappa shape index (κ2) is 5.59. The maximum absolute atomic E-state index is 11.1. The molecule has 1 aliphatic heterocycles. The monoisotopic (exact) mass is 259 g/mol. The second-order valence-corrected chi connectivity index (χ2v) is 5.60. The molecule has 1 N–H and O–H groups in total. The Labute approximate surface area is 114 Å². The van der Waals surface area contributed by atoms with Crippen molar-refractivity contribution < 1.29 is 4.79 Å². The number of rotatable bonds is 4. The molecule has 0 radical (unpaired) electrons. The van der Waals surface area contributed by atoms with Crippen LogP contribution in [0.25, 0.3) is 0 Å². The van der Waals surface area contributed by atoms with Gasteiger partial charge in [0, 0.05) is 18.8 Å². The molecule has 2 heterocycles. The fraction of sp³-hybridized carbons (Fsp3) is 0.600. The zero-order chi connectivity index (χ0) is 13.1. The van der Waals surface area contributed by atoms with E-state index in [1.807, 2.05) is 17.2 Å². The fourth-order valence-corrected chi connectivity index (χ4v) is 2.89. The van der Waals surface area contributed by atoms with Crippen molar-refractivity contribution in [1.29, 1.82) is 0 Å². The van der Waals surface area contributed by atoms with Crippen LogP contribution in [0.5, 0.6) is 0 Å². The number of nitrogens with one attached hydrogen (secondary N) is 1. The van der Waals surface area contributed by atoms with Crippen LogP contribution >= 0.6 is 0 Å². The molecule has 102 valence electrons. The SMILES string of the molecule is O=CN1CCCCC1c1ccc(NC2CCC2)nc1. The second-order valence-electron chi connectivity index (χ2n) is 5.60. The molecule has 0 bridgehead atoms. The Bertz CT molecular complexity index is 428. The van der Waals surface area contributed by atoms with Crippen molar-refractivity contribution >= 4 is 12.2 Å². The summed E-state index contributed by atoms with van der Waals surface area (Å²) in [4.78, 5) is 17.5. The van der Waals surface area contributed by atoms with E-state index in [2.05, 4.69) is 16.4 Å². The first kappa shape index (κ1) is 12.5. The zero-order valence-corrected chi connectivity index (χ0v) is 11.2. The van der Waals surface area contributed by atoms with Gasteiger partial charge in [-0.05, 0) is 50.2 Å². The van der Waals surface area contributed by atoms with Crippen molar-refractivity contribution in [1.82, 2.24) is 9.88 Å². The number of carbonyl (C=O) groups is 1. The highest BCUT2D eigenvalue weighted by Crippen LogP contribution is 2.30. The van der Waals surface area contributed by atoms with E-state index >= 15 is 0 Å². The van der Waals surface area contributed by atoms with E-state index < -0.39 is 0 Å². The Morgan fingerprint density at radius 1 is 1.21 bits per heavy atom. The number of aromatic nitrogens is 1. The van der Waals surface area contributed by atoms with Crippen LogP contribution in [0.4, 0.5) is 5.82 Å². The first-order chi connectivity index (χ1) is 9.36. The number of anilines is 1. The summed E-state index contributed by atoms with van der Waals surface area (Å²) >= 11 is 0. The molecule has 4 heteroatoms. The van der Waals surface area contributed by atoms with E-state index in [4.69, 9.17) is 0 Å². The lowest BCUT2D eigenvalue weighted by Gasteiger charge is -2.33. The molecule has 1 aromatic rings. The van der Waals surface area contributed by atoms with Crippen molar-refractivity contribution in [2.45, 2.75) is 50.6 Å². The van der Waals surface area contributed by atoms with Gasteiger partial charge in [0.15, 0.2) is 0 Å². The quantitative estimate of drug-likeness (QED) is 0.846. The van der Waals surface area contributed by atoms with Crippen LogP contribution in [0.1, 0.15) is 50.1 Å². The molecule has 1 atom stereocenters. The Kier molecular flexibility index (Phi) is 3.67. The zero-order valence-electron chi connectivity index (χ0n) is 11.2. The highest BCUT2D eigenvalue weighted by Gasteiger charge is 2.23. The van der Waals surface area contributed by atoms with Gasteiger partial charge >= 0.3 is 0 Å². The summed E-state index contributed by atoms with van der Waals surface area (Å²) in [5.74, 6) is 0.960. The van der Waals surface area contributed by atoms with Crippen LogP contribution in [0.3, 0.4) is 0 Å². The van der Waals surface area contributed by atoms with Gasteiger partial charge < -0.3 is 10.2 Å². The molecule has 2 aliphatic rings. The third-order valence-corrected chi connectivity index (χ3v) is 4.31. The Balaban J connectivity index is 1.68. The summed E-state index contributed by atoms with van der Waals surface area (Å²) < 4.78 is 0. The van der Waals surface area contributed by atoms with Gasteiger partial charge in [0.1, 0.15) is 5.82 Å². The largest absolute Gasteiger partial charge is 0.367 e. The van der Waals surface area contributed by atoms with Crippen LogP contribution in [0.2, 0.25) is 0 Å². The van der Waals surface area contributed by atoms with Crippen molar-refractivity contribution in [3.8, 4) is 0 Å². The topological polar surface area (TPSA) is 45.2 Å². The van der Waals surface area contributed by atoms with Gasteiger partial charge in [0.05, 0.1) is 6.04 Å². The van der Waals surface area contributed by atoms with Crippen molar-refractivity contribution in [3.05, 3.63) is 23.9 Å². The molecule has 1 saturated carbocycles. The molecular formula is C15H21N3O. The molecule has 1 aromatic heterocycles. The summed E-state index contributed by atoms with van der Waals surface area (Å²) in [6.07, 6.45) is 10.1. The summed E-state index contributed by atoms with van der Waals surface area (Å²) in [5.41, 5.74) is 1.16. The average molecular weight is 259 g/mol. The maximum atomic E-state index is 11.1. The van der Waals surface area contributed by atoms with E-state index in [1.54, 1.807) is 0 Å². The van der Waals surface area contributed by atoms with E-state index in [0.717, 1.165) is 37.2 Å². The van der Waals surface area contributed by atoms with Gasteiger partial charge in [0.25, 0.3) is 0 Å². The van der Waals surface area contributed by atoms with Gasteiger partial charge in [0.2, 0.25) is 6.41 Å². The normalized spacial score (nSPS) is 23.8. The third-order valence-electron chi connectivity index (χ3n) is 4.31. The predicted molar refractivity (Wildman–Crippen MR) is 74.9 cm³/mol. The highest BCUT2D eigenvalue weighted by atomic mass is 16.1. The molecule has 1 unspecified atom stereocenters. The summed E-state index contributed by atoms with van der Waals surface area (Å²) in [7, 11) is 0. The van der Waals surface area contributed by atoms with Crippen LogP contribution < -0.4 is 5.32 Å². The number of pyridine rings is 1. The predicted octanol–water partition coefficient (Wildman–Crippen LogP) is 2.73. The van der Waals surface area contributed by atoms with E-state index in [0.29, 0.717) is 6.04 Å². The molecule has 0 spiro atoms. The van der Waals surface area contributed by atoms with Gasteiger partial charge in [-0.2, -0.15) is 0 Å². The fourth-order valence-electron chi connectivity index (χ4n) is 2.89. The lowest BCUT2D eigenvalue weighted by molar-refractivity contribution is -0.121. The van der Waals surface area contributed by atoms with Gasteiger partial charge in [-0.15, -0.1) is 0 Å². The van der Waals surface area contributed by atoms with Gasteiger partial charge in [-0.3, -0.25) is 4.79 Å². The Morgan fingerprint density at radius 3 is 2.74 bits per heavy atom. The Hall–Kier alpha value is -1.58. The van der Waals surface area contributed by atoms with Crippen LogP contribution in [-0.2, 0) is 4.79 Å². The molecule has 1 saturated heterocycles. The molecule has 2 fully saturated rings. The number of piperidine rings is 1. The summed E-state index contributed by atoms with van der Waals surface area (Å²) in [6.45, 7) is 0.871. The minimum Gasteiger partial charge on any atom is -0.367 e. The number of hydrogen-bond donors (Lipinski definition) is 1. The first-order valence-electron chi connectivity index (χ1n) is 7.30. The number of amides is 1. The number of hydrogen-bond acceptors (Lipinski definition) is 3. The standard InChI is InChI=1S/C15H21N3O/c19-11-18-9-2-1-6-14(18)12-7-8-15(16-10-12)17-13-4-3-5-13/h7-8,10-11,13-14H,1-6,9H2,(H,16,17). The lowest BCUT2D eigenvalue weighted by Crippen LogP contribution is -2.32. The van der Waals surface area contributed by atoms with Crippen LogP contribution in [-0.4, -0.2) is 28.9 Å². The molecule has 0 aromatic carbocycles. The van der Waals surface area contributed by atoms with Crippen molar-refractivity contribution in [2.75, 3.05) is 11.9 Å². The van der Waals surface area contributed by atoms with Gasteiger partial charge in [-0.1, -0.05) is 6.07 Å². The molecule has 1 amide bonds. The number of carbonyl (C=O) groups excluding carboxylic acids is 1. The van der Waals surface area contributed by atoms with Crippen molar-refractivity contribution in [3.63, 3.8) is 0 Å². The Morgan fingerprint density at radius 2 is 2.11 bits per heavy atom. The minimum atomic E-state index is 0.219. The number of likely N-dealkylation sites (tertiary alicyclic amines) is 1. The van der Waals surface area contributed by atoms with E-state index in [9.17, 15) is 4.79 Å². The van der Waals surface area contributed by atoms with Crippen LogP contribution in [0, 0.1) is 0 Å². The lowest BCUT2D eigenvalue weighted by atomic mass is 9.93. The van der Waals surface area contributed by atoms with E-state index in [1.165, 1.54) is 25.7 Å². The molecule has 3 rings (SSSR count). The van der Waals surface area contributed by atoms with Crippen molar-refractivity contribution in [2.24, 2.45) is 0 Å². The summed E-state index contributed by atoms with van der Waals surface area (Å²) in [5, 5.41) is 3.44. The summed E-state index contributed by atoms with van der Waals surface area (Å²) in [6, 6.07) is 4.99. The molecule has 1 aliphatic carbocycles. The number of nitrogens with zero attached hydrogens (tertiary/aromatic N) is 2. The maximum Gasteiger partial charge on any atom is 0.210 e. The third kappa shape index (κ3) is 2.72.